The number of nitrogens with one attached hydrogen (secondary N) is 1. The Bertz CT molecular complexity index is 924. The van der Waals surface area contributed by atoms with Gasteiger partial charge in [0, 0.05) is 17.0 Å². The van der Waals surface area contributed by atoms with Gasteiger partial charge in [-0.25, -0.2) is 4.98 Å². The van der Waals surface area contributed by atoms with Crippen molar-refractivity contribution >= 4 is 17.2 Å². The molecule has 29 heavy (non-hydrogen) atoms. The number of benzene rings is 2. The van der Waals surface area contributed by atoms with Gasteiger partial charge in [0.15, 0.2) is 0 Å². The van der Waals surface area contributed by atoms with E-state index in [1.165, 1.54) is 23.5 Å². The molecule has 1 unspecified atom stereocenters. The van der Waals surface area contributed by atoms with Crippen LogP contribution < -0.4 is 10.1 Å². The van der Waals surface area contributed by atoms with Crippen LogP contribution in [0.2, 0.25) is 0 Å². The van der Waals surface area contributed by atoms with E-state index in [-0.39, 0.29) is 11.9 Å². The summed E-state index contributed by atoms with van der Waals surface area (Å²) in [6.07, 6.45) is -3.92. The van der Waals surface area contributed by atoms with Gasteiger partial charge in [-0.2, -0.15) is 13.2 Å². The second-order valence-corrected chi connectivity index (χ2v) is 7.28. The molecule has 1 heterocycles. The molecule has 0 saturated heterocycles. The quantitative estimate of drug-likeness (QED) is 0.579. The molecule has 1 amide bonds. The molecular formula is C21H19F3N2O2S. The van der Waals surface area contributed by atoms with Crippen molar-refractivity contribution < 1.29 is 22.7 Å². The van der Waals surface area contributed by atoms with E-state index in [4.69, 9.17) is 4.74 Å². The predicted molar refractivity (Wildman–Crippen MR) is 105 cm³/mol. The van der Waals surface area contributed by atoms with Gasteiger partial charge in [-0.3, -0.25) is 4.79 Å². The van der Waals surface area contributed by atoms with Crippen LogP contribution in [0.3, 0.4) is 0 Å². The molecular weight excluding hydrogens is 401 g/mol. The lowest BCUT2D eigenvalue weighted by atomic mass is 10.0. The van der Waals surface area contributed by atoms with E-state index in [0.29, 0.717) is 24.3 Å². The molecule has 0 spiro atoms. The van der Waals surface area contributed by atoms with Gasteiger partial charge >= 0.3 is 6.18 Å². The summed E-state index contributed by atoms with van der Waals surface area (Å²) in [4.78, 5) is 16.5. The molecule has 1 atom stereocenters. The van der Waals surface area contributed by atoms with Gasteiger partial charge in [-0.1, -0.05) is 12.1 Å². The van der Waals surface area contributed by atoms with Crippen LogP contribution in [-0.2, 0) is 19.2 Å². The Morgan fingerprint density at radius 1 is 1.14 bits per heavy atom. The number of rotatable bonds is 7. The predicted octanol–water partition coefficient (Wildman–Crippen LogP) is 5.10. The minimum absolute atomic E-state index is 0.236. The third-order valence-corrected chi connectivity index (χ3v) is 4.82. The van der Waals surface area contributed by atoms with Crippen LogP contribution in [0.15, 0.2) is 59.4 Å². The number of hydrogen-bond donors (Lipinski definition) is 1. The van der Waals surface area contributed by atoms with Crippen LogP contribution in [0.25, 0.3) is 0 Å². The molecule has 0 aliphatic heterocycles. The molecule has 1 N–H and O–H groups in total. The fourth-order valence-electron chi connectivity index (χ4n) is 2.71. The fraction of sp³-hybridized carbons (Fsp3) is 0.238. The number of ether oxygens (including phenoxy) is 1. The number of halogens is 3. The van der Waals surface area contributed by atoms with Gasteiger partial charge < -0.3 is 10.1 Å². The standard InChI is InChI=1S/C21H19F3N2O2S/c1-14(10-15-2-6-17(7-3-15)21(22,23)24)26-20(27)16-4-8-19(9-5-16)28-11-18-12-29-13-25-18/h2-9,12-14H,10-11H2,1H3,(H,26,27). The largest absolute Gasteiger partial charge is 0.487 e. The van der Waals surface area contributed by atoms with Crippen LogP contribution in [-0.4, -0.2) is 16.9 Å². The number of thiazole rings is 1. The lowest BCUT2D eigenvalue weighted by Crippen LogP contribution is -2.34. The smallest absolute Gasteiger partial charge is 0.416 e. The number of carbonyl (C=O) groups excluding carboxylic acids is 1. The van der Waals surface area contributed by atoms with Crippen LogP contribution in [0, 0.1) is 0 Å². The van der Waals surface area contributed by atoms with Crippen molar-refractivity contribution in [2.45, 2.75) is 32.2 Å². The third-order valence-electron chi connectivity index (χ3n) is 4.19. The number of aromatic nitrogens is 1. The van der Waals surface area contributed by atoms with Gasteiger partial charge in [0.2, 0.25) is 0 Å². The van der Waals surface area contributed by atoms with Crippen molar-refractivity contribution in [3.05, 3.63) is 81.8 Å². The van der Waals surface area contributed by atoms with E-state index in [2.05, 4.69) is 10.3 Å². The normalized spacial score (nSPS) is 12.4. The van der Waals surface area contributed by atoms with Gasteiger partial charge in [0.05, 0.1) is 16.8 Å². The molecule has 152 valence electrons. The molecule has 2 aromatic carbocycles. The fourth-order valence-corrected chi connectivity index (χ4v) is 3.25. The van der Waals surface area contributed by atoms with E-state index in [1.807, 2.05) is 5.38 Å². The lowest BCUT2D eigenvalue weighted by Gasteiger charge is -2.15. The van der Waals surface area contributed by atoms with E-state index < -0.39 is 11.7 Å². The van der Waals surface area contributed by atoms with E-state index >= 15 is 0 Å². The van der Waals surface area contributed by atoms with Crippen LogP contribution in [0.4, 0.5) is 13.2 Å². The van der Waals surface area contributed by atoms with Crippen molar-refractivity contribution in [1.29, 1.82) is 0 Å². The zero-order chi connectivity index (χ0) is 20.9. The Labute approximate surface area is 170 Å². The number of nitrogens with zero attached hydrogens (tertiary/aromatic N) is 1. The summed E-state index contributed by atoms with van der Waals surface area (Å²) < 4.78 is 43.5. The molecule has 0 bridgehead atoms. The molecule has 0 aliphatic carbocycles. The third kappa shape index (κ3) is 6.05. The number of alkyl halides is 3. The Balaban J connectivity index is 1.51. The second-order valence-electron chi connectivity index (χ2n) is 6.57. The van der Waals surface area contributed by atoms with Gasteiger partial charge in [-0.05, 0) is 55.3 Å². The molecule has 0 fully saturated rings. The number of carbonyl (C=O) groups is 1. The van der Waals surface area contributed by atoms with Gasteiger partial charge in [0.25, 0.3) is 5.91 Å². The highest BCUT2D eigenvalue weighted by molar-refractivity contribution is 7.07. The van der Waals surface area contributed by atoms with Crippen LogP contribution in [0.1, 0.15) is 34.1 Å². The van der Waals surface area contributed by atoms with E-state index in [9.17, 15) is 18.0 Å². The highest BCUT2D eigenvalue weighted by Crippen LogP contribution is 2.29. The van der Waals surface area contributed by atoms with Crippen molar-refractivity contribution in [3.8, 4) is 5.75 Å². The van der Waals surface area contributed by atoms with Crippen molar-refractivity contribution in [2.24, 2.45) is 0 Å². The van der Waals surface area contributed by atoms with Crippen molar-refractivity contribution in [2.75, 3.05) is 0 Å². The minimum Gasteiger partial charge on any atom is -0.487 e. The first-order valence-corrected chi connectivity index (χ1v) is 9.82. The summed E-state index contributed by atoms with van der Waals surface area (Å²) in [5.74, 6) is 0.378. The summed E-state index contributed by atoms with van der Waals surface area (Å²) in [5.41, 5.74) is 3.09. The topological polar surface area (TPSA) is 51.2 Å². The molecule has 0 radical (unpaired) electrons. The van der Waals surface area contributed by atoms with Crippen LogP contribution >= 0.6 is 11.3 Å². The second kappa shape index (κ2) is 9.09. The van der Waals surface area contributed by atoms with Crippen molar-refractivity contribution in [1.82, 2.24) is 10.3 Å². The summed E-state index contributed by atoms with van der Waals surface area (Å²) in [5, 5.41) is 4.76. The summed E-state index contributed by atoms with van der Waals surface area (Å²) in [6, 6.07) is 11.5. The zero-order valence-electron chi connectivity index (χ0n) is 15.6. The van der Waals surface area contributed by atoms with Gasteiger partial charge in [-0.15, -0.1) is 11.3 Å². The first-order chi connectivity index (χ1) is 13.8. The maximum Gasteiger partial charge on any atom is 0.416 e. The SMILES string of the molecule is CC(Cc1ccc(C(F)(F)F)cc1)NC(=O)c1ccc(OCc2cscn2)cc1. The molecule has 8 heteroatoms. The monoisotopic (exact) mass is 420 g/mol. The molecule has 3 aromatic rings. The molecule has 4 nitrogen and oxygen atoms in total. The molecule has 0 aliphatic rings. The Morgan fingerprint density at radius 3 is 2.41 bits per heavy atom. The Morgan fingerprint density at radius 2 is 1.83 bits per heavy atom. The highest BCUT2D eigenvalue weighted by atomic mass is 32.1. The van der Waals surface area contributed by atoms with E-state index in [0.717, 1.165) is 23.4 Å². The Hall–Kier alpha value is -2.87. The lowest BCUT2D eigenvalue weighted by molar-refractivity contribution is -0.137. The Kier molecular flexibility index (Phi) is 6.53. The summed E-state index contributed by atoms with van der Waals surface area (Å²) in [6.45, 7) is 2.17. The van der Waals surface area contributed by atoms with Crippen molar-refractivity contribution in [3.63, 3.8) is 0 Å². The number of hydrogen-bond acceptors (Lipinski definition) is 4. The van der Waals surface area contributed by atoms with Gasteiger partial charge in [0.1, 0.15) is 12.4 Å². The molecule has 1 aromatic heterocycles. The summed E-state index contributed by atoms with van der Waals surface area (Å²) in [7, 11) is 0. The average molecular weight is 420 g/mol. The highest BCUT2D eigenvalue weighted by Gasteiger charge is 2.29. The molecule has 3 rings (SSSR count). The first-order valence-electron chi connectivity index (χ1n) is 8.88. The van der Waals surface area contributed by atoms with E-state index in [1.54, 1.807) is 36.7 Å². The molecule has 0 saturated carbocycles. The summed E-state index contributed by atoms with van der Waals surface area (Å²) >= 11 is 1.49. The zero-order valence-corrected chi connectivity index (χ0v) is 16.4. The van der Waals surface area contributed by atoms with Crippen LogP contribution in [0.5, 0.6) is 5.75 Å². The first kappa shape index (κ1) is 20.9. The maximum absolute atomic E-state index is 12.6. The minimum atomic E-state index is -4.35. The number of amides is 1. The average Bonchev–Trinajstić information content (AvgIpc) is 3.20. The maximum atomic E-state index is 12.6.